The van der Waals surface area contributed by atoms with Gasteiger partial charge in [0.05, 0.1) is 10.4 Å². The molecule has 1 aliphatic heterocycles. The topological polar surface area (TPSA) is 54.0 Å². The van der Waals surface area contributed by atoms with Crippen LogP contribution in [0.15, 0.2) is 11.6 Å². The normalized spacial score (nSPS) is 19.5. The Hall–Kier alpha value is -0.940. The molecular formula is C15H25N3OS. The van der Waals surface area contributed by atoms with E-state index in [4.69, 9.17) is 0 Å². The first-order valence-electron chi connectivity index (χ1n) is 7.56. The van der Waals surface area contributed by atoms with Crippen LogP contribution >= 0.6 is 11.3 Å². The van der Waals surface area contributed by atoms with Crippen LogP contribution in [0.25, 0.3) is 0 Å². The van der Waals surface area contributed by atoms with Crippen LogP contribution in [0, 0.1) is 5.41 Å². The number of hydrogen-bond donors (Lipinski definition) is 2. The van der Waals surface area contributed by atoms with Gasteiger partial charge in [-0.1, -0.05) is 20.3 Å². The molecule has 1 atom stereocenters. The van der Waals surface area contributed by atoms with E-state index in [1.165, 1.54) is 0 Å². The van der Waals surface area contributed by atoms with Crippen LogP contribution in [-0.4, -0.2) is 30.5 Å². The molecule has 2 heterocycles. The number of carbonyl (C=O) groups is 1. The molecule has 1 amide bonds. The highest BCUT2D eigenvalue weighted by Gasteiger charge is 2.38. The molecule has 20 heavy (non-hydrogen) atoms. The van der Waals surface area contributed by atoms with Gasteiger partial charge in [0.25, 0.3) is 0 Å². The zero-order valence-corrected chi connectivity index (χ0v) is 13.3. The summed E-state index contributed by atoms with van der Waals surface area (Å²) in [6.07, 6.45) is 5.79. The molecule has 0 aromatic carbocycles. The Morgan fingerprint density at radius 2 is 2.30 bits per heavy atom. The Labute approximate surface area is 125 Å². The number of hydrogen-bond acceptors (Lipinski definition) is 4. The molecule has 0 bridgehead atoms. The lowest BCUT2D eigenvalue weighted by molar-refractivity contribution is -0.133. The van der Waals surface area contributed by atoms with Crippen molar-refractivity contribution in [2.75, 3.05) is 19.6 Å². The summed E-state index contributed by atoms with van der Waals surface area (Å²) in [5.41, 5.74) is -0.150. The lowest BCUT2D eigenvalue weighted by atomic mass is 9.74. The van der Waals surface area contributed by atoms with Crippen molar-refractivity contribution in [3.8, 4) is 0 Å². The van der Waals surface area contributed by atoms with Crippen LogP contribution in [0.1, 0.15) is 50.5 Å². The molecule has 0 spiro atoms. The molecule has 2 rings (SSSR count). The van der Waals surface area contributed by atoms with Gasteiger partial charge in [-0.25, -0.2) is 4.98 Å². The second kappa shape index (κ2) is 7.18. The number of carbonyl (C=O) groups excluding carboxylic acids is 1. The Morgan fingerprint density at radius 1 is 1.55 bits per heavy atom. The summed E-state index contributed by atoms with van der Waals surface area (Å²) in [6.45, 7) is 6.87. The van der Waals surface area contributed by atoms with E-state index in [-0.39, 0.29) is 11.3 Å². The number of nitrogens with zero attached hydrogens (tertiary/aromatic N) is 1. The third-order valence-corrected chi connectivity index (χ3v) is 5.22. The maximum absolute atomic E-state index is 12.6. The van der Waals surface area contributed by atoms with Gasteiger partial charge in [-0.15, -0.1) is 11.3 Å². The predicted molar refractivity (Wildman–Crippen MR) is 83.0 cm³/mol. The smallest absolute Gasteiger partial charge is 0.226 e. The average Bonchev–Trinajstić information content (AvgIpc) is 3.00. The summed E-state index contributed by atoms with van der Waals surface area (Å²) in [4.78, 5) is 16.9. The van der Waals surface area contributed by atoms with Gasteiger partial charge in [0, 0.05) is 24.0 Å². The highest BCUT2D eigenvalue weighted by molar-refractivity contribution is 7.09. The van der Waals surface area contributed by atoms with Crippen LogP contribution in [0.2, 0.25) is 0 Å². The summed E-state index contributed by atoms with van der Waals surface area (Å²) in [7, 11) is 0. The van der Waals surface area contributed by atoms with Crippen molar-refractivity contribution < 1.29 is 4.79 Å². The zero-order valence-electron chi connectivity index (χ0n) is 12.4. The number of aromatic nitrogens is 1. The molecule has 4 nitrogen and oxygen atoms in total. The highest BCUT2D eigenvalue weighted by atomic mass is 32.1. The van der Waals surface area contributed by atoms with Crippen molar-refractivity contribution in [1.82, 2.24) is 15.6 Å². The van der Waals surface area contributed by atoms with E-state index in [2.05, 4.69) is 29.5 Å². The van der Waals surface area contributed by atoms with Crippen LogP contribution in [0.5, 0.6) is 0 Å². The number of thiazole rings is 1. The van der Waals surface area contributed by atoms with Gasteiger partial charge >= 0.3 is 0 Å². The Morgan fingerprint density at radius 3 is 2.90 bits per heavy atom. The van der Waals surface area contributed by atoms with E-state index >= 15 is 0 Å². The molecule has 0 saturated carbocycles. The van der Waals surface area contributed by atoms with E-state index in [0.717, 1.165) is 43.8 Å². The maximum atomic E-state index is 12.6. The monoisotopic (exact) mass is 295 g/mol. The first-order chi connectivity index (χ1) is 9.68. The molecule has 1 unspecified atom stereocenters. The van der Waals surface area contributed by atoms with E-state index in [1.54, 1.807) is 11.3 Å². The minimum atomic E-state index is -0.150. The Kier molecular flexibility index (Phi) is 5.54. The van der Waals surface area contributed by atoms with Gasteiger partial charge in [-0.2, -0.15) is 0 Å². The van der Waals surface area contributed by atoms with Crippen molar-refractivity contribution in [1.29, 1.82) is 0 Å². The third kappa shape index (κ3) is 3.58. The van der Waals surface area contributed by atoms with Gasteiger partial charge in [0.1, 0.15) is 0 Å². The second-order valence-corrected chi connectivity index (χ2v) is 6.69. The summed E-state index contributed by atoms with van der Waals surface area (Å²) in [5.74, 6) is 0.531. The number of piperidine rings is 1. The van der Waals surface area contributed by atoms with E-state index < -0.39 is 0 Å². The largest absolute Gasteiger partial charge is 0.355 e. The first kappa shape index (κ1) is 15.4. The standard InChI is InChI=1S/C15H25N3OS/c1-3-4-15(5-7-16-8-6-15)14(19)18-11-12(2)13-17-9-10-20-13/h9-10,12,16H,3-8,11H2,1-2H3,(H,18,19). The molecule has 0 radical (unpaired) electrons. The Balaban J connectivity index is 1.91. The molecular weight excluding hydrogens is 270 g/mol. The number of amides is 1. The maximum Gasteiger partial charge on any atom is 0.226 e. The van der Waals surface area contributed by atoms with Crippen molar-refractivity contribution in [2.24, 2.45) is 5.41 Å². The lowest BCUT2D eigenvalue weighted by Gasteiger charge is -2.36. The predicted octanol–water partition coefficient (Wildman–Crippen LogP) is 2.53. The van der Waals surface area contributed by atoms with Crippen molar-refractivity contribution >= 4 is 17.2 Å². The summed E-state index contributed by atoms with van der Waals surface area (Å²) < 4.78 is 0. The van der Waals surface area contributed by atoms with Crippen molar-refractivity contribution in [3.05, 3.63) is 16.6 Å². The van der Waals surface area contributed by atoms with Crippen molar-refractivity contribution in [2.45, 2.75) is 45.4 Å². The molecule has 1 aromatic heterocycles. The summed E-state index contributed by atoms with van der Waals surface area (Å²) in [6, 6.07) is 0. The average molecular weight is 295 g/mol. The lowest BCUT2D eigenvalue weighted by Crippen LogP contribution is -2.48. The van der Waals surface area contributed by atoms with Crippen LogP contribution in [-0.2, 0) is 4.79 Å². The third-order valence-electron chi connectivity index (χ3n) is 4.21. The summed E-state index contributed by atoms with van der Waals surface area (Å²) >= 11 is 1.66. The minimum Gasteiger partial charge on any atom is -0.355 e. The van der Waals surface area contributed by atoms with Gasteiger partial charge in [0.2, 0.25) is 5.91 Å². The van der Waals surface area contributed by atoms with Gasteiger partial charge in [0.15, 0.2) is 0 Å². The van der Waals surface area contributed by atoms with Gasteiger partial charge in [-0.05, 0) is 32.4 Å². The highest BCUT2D eigenvalue weighted by Crippen LogP contribution is 2.34. The Bertz CT molecular complexity index is 407. The first-order valence-corrected chi connectivity index (χ1v) is 8.44. The minimum absolute atomic E-state index is 0.150. The fourth-order valence-corrected chi connectivity index (χ4v) is 3.67. The second-order valence-electron chi connectivity index (χ2n) is 5.76. The molecule has 1 aromatic rings. The molecule has 112 valence electrons. The molecule has 1 fully saturated rings. The molecule has 5 heteroatoms. The van der Waals surface area contributed by atoms with Crippen molar-refractivity contribution in [3.63, 3.8) is 0 Å². The SMILES string of the molecule is CCCC1(C(=O)NCC(C)c2nccs2)CCNCC1. The quantitative estimate of drug-likeness (QED) is 0.848. The fraction of sp³-hybridized carbons (Fsp3) is 0.733. The van der Waals surface area contributed by atoms with Gasteiger partial charge in [-0.3, -0.25) is 4.79 Å². The van der Waals surface area contributed by atoms with Gasteiger partial charge < -0.3 is 10.6 Å². The van der Waals surface area contributed by atoms with Crippen LogP contribution in [0.3, 0.4) is 0 Å². The number of rotatable bonds is 6. The van der Waals surface area contributed by atoms with E-state index in [0.29, 0.717) is 12.5 Å². The van der Waals surface area contributed by atoms with E-state index in [9.17, 15) is 4.79 Å². The fourth-order valence-electron chi connectivity index (χ4n) is 2.97. The zero-order chi connectivity index (χ0) is 14.4. The molecule has 1 aliphatic rings. The van der Waals surface area contributed by atoms with Crippen LogP contribution < -0.4 is 10.6 Å². The van der Waals surface area contributed by atoms with Crippen LogP contribution in [0.4, 0.5) is 0 Å². The summed E-state index contributed by atoms with van der Waals surface area (Å²) in [5, 5.41) is 9.60. The molecule has 1 saturated heterocycles. The van der Waals surface area contributed by atoms with E-state index in [1.807, 2.05) is 11.6 Å². The molecule has 2 N–H and O–H groups in total. The molecule has 0 aliphatic carbocycles. The number of nitrogens with one attached hydrogen (secondary N) is 2.